The summed E-state index contributed by atoms with van der Waals surface area (Å²) in [4.78, 5) is 51.5. The predicted molar refractivity (Wildman–Crippen MR) is 130 cm³/mol. The summed E-state index contributed by atoms with van der Waals surface area (Å²) in [7, 11) is 0. The van der Waals surface area contributed by atoms with E-state index in [2.05, 4.69) is 20.3 Å². The fraction of sp³-hybridized carbons (Fsp3) is 0.320. The van der Waals surface area contributed by atoms with Crippen LogP contribution in [0.5, 0.6) is 11.6 Å². The van der Waals surface area contributed by atoms with E-state index in [0.717, 1.165) is 12.1 Å². The van der Waals surface area contributed by atoms with Crippen molar-refractivity contribution in [3.63, 3.8) is 0 Å². The first-order valence-corrected chi connectivity index (χ1v) is 11.5. The fourth-order valence-electron chi connectivity index (χ4n) is 4.10. The molecule has 1 aliphatic rings. The van der Waals surface area contributed by atoms with Gasteiger partial charge in [-0.15, -0.1) is 0 Å². The third-order valence-electron chi connectivity index (χ3n) is 6.12. The van der Waals surface area contributed by atoms with E-state index in [1.165, 1.54) is 30.7 Å². The van der Waals surface area contributed by atoms with Crippen LogP contribution in [0, 0.1) is 11.6 Å². The van der Waals surface area contributed by atoms with Gasteiger partial charge in [-0.25, -0.2) is 18.7 Å². The lowest BCUT2D eigenvalue weighted by atomic mass is 9.96. The number of aromatic amines is 1. The van der Waals surface area contributed by atoms with Gasteiger partial charge in [0, 0.05) is 38.0 Å². The summed E-state index contributed by atoms with van der Waals surface area (Å²) in [5.41, 5.74) is -0.469. The van der Waals surface area contributed by atoms with Gasteiger partial charge in [-0.2, -0.15) is 0 Å². The second-order valence-electron chi connectivity index (χ2n) is 9.26. The van der Waals surface area contributed by atoms with Gasteiger partial charge in [0.25, 0.3) is 5.91 Å². The number of nitrogens with one attached hydrogen (secondary N) is 2. The summed E-state index contributed by atoms with van der Waals surface area (Å²) < 4.78 is 32.1. The van der Waals surface area contributed by atoms with Crippen molar-refractivity contribution in [2.24, 2.45) is 0 Å². The Balaban J connectivity index is 1.35. The monoisotopic (exact) mass is 512 g/mol. The zero-order valence-corrected chi connectivity index (χ0v) is 20.5. The predicted octanol–water partition coefficient (Wildman–Crippen LogP) is 2.80. The van der Waals surface area contributed by atoms with Gasteiger partial charge in [0.1, 0.15) is 5.82 Å². The zero-order chi connectivity index (χ0) is 26.7. The Morgan fingerprint density at radius 2 is 1.92 bits per heavy atom. The lowest BCUT2D eigenvalue weighted by molar-refractivity contribution is -0.122. The van der Waals surface area contributed by atoms with E-state index in [9.17, 15) is 23.2 Å². The highest BCUT2D eigenvalue weighted by Gasteiger charge is 2.39. The van der Waals surface area contributed by atoms with Crippen molar-refractivity contribution in [2.45, 2.75) is 32.4 Å². The van der Waals surface area contributed by atoms with Gasteiger partial charge >= 0.3 is 0 Å². The molecule has 4 rings (SSSR count). The van der Waals surface area contributed by atoms with E-state index in [1.54, 1.807) is 11.8 Å². The molecule has 0 unspecified atom stereocenters. The number of anilines is 1. The summed E-state index contributed by atoms with van der Waals surface area (Å²) in [6.07, 6.45) is 3.89. The SMILES string of the molecule is C[C@@H](C(=O)Nc1cnc(Oc2ccc(F)cc2F)cn1)N1CCN(C(=O)c2ccc(=O)[nH]c2)C(C)(C)C1. The number of carbonyl (C=O) groups excluding carboxylic acids is 2. The Kier molecular flexibility index (Phi) is 7.30. The van der Waals surface area contributed by atoms with E-state index >= 15 is 0 Å². The molecule has 12 heteroatoms. The maximum Gasteiger partial charge on any atom is 0.255 e. The molecule has 0 saturated carbocycles. The number of nitrogens with zero attached hydrogens (tertiary/aromatic N) is 4. The molecule has 0 spiro atoms. The van der Waals surface area contributed by atoms with E-state index in [-0.39, 0.29) is 34.8 Å². The maximum absolute atomic E-state index is 13.8. The molecule has 1 fully saturated rings. The van der Waals surface area contributed by atoms with Crippen molar-refractivity contribution < 1.29 is 23.1 Å². The molecule has 2 aromatic heterocycles. The quantitative estimate of drug-likeness (QED) is 0.521. The highest BCUT2D eigenvalue weighted by Crippen LogP contribution is 2.26. The van der Waals surface area contributed by atoms with Crippen LogP contribution in [-0.4, -0.2) is 67.8 Å². The Morgan fingerprint density at radius 1 is 1.14 bits per heavy atom. The number of amides is 2. The van der Waals surface area contributed by atoms with Crippen LogP contribution in [0.1, 0.15) is 31.1 Å². The topological polar surface area (TPSA) is 121 Å². The molecule has 10 nitrogen and oxygen atoms in total. The molecule has 194 valence electrons. The Hall–Kier alpha value is -4.19. The number of rotatable bonds is 6. The van der Waals surface area contributed by atoms with Crippen molar-refractivity contribution in [1.29, 1.82) is 0 Å². The number of piperazine rings is 1. The van der Waals surface area contributed by atoms with Gasteiger partial charge in [-0.05, 0) is 39.0 Å². The second-order valence-corrected chi connectivity index (χ2v) is 9.26. The van der Waals surface area contributed by atoms with Crippen molar-refractivity contribution >= 4 is 17.6 Å². The minimum absolute atomic E-state index is 0.0263. The normalized spacial score (nSPS) is 16.2. The zero-order valence-electron chi connectivity index (χ0n) is 20.5. The summed E-state index contributed by atoms with van der Waals surface area (Å²) in [6.45, 7) is 6.90. The van der Waals surface area contributed by atoms with E-state index in [4.69, 9.17) is 4.74 Å². The van der Waals surface area contributed by atoms with Crippen LogP contribution in [0.3, 0.4) is 0 Å². The largest absolute Gasteiger partial charge is 0.434 e. The molecule has 0 aliphatic carbocycles. The molecule has 0 radical (unpaired) electrons. The van der Waals surface area contributed by atoms with Crippen molar-refractivity contribution in [1.82, 2.24) is 24.8 Å². The molecule has 1 atom stereocenters. The first-order chi connectivity index (χ1) is 17.5. The first kappa shape index (κ1) is 25.9. The lowest BCUT2D eigenvalue weighted by Crippen LogP contribution is -2.63. The number of hydrogen-bond acceptors (Lipinski definition) is 7. The molecule has 3 heterocycles. The maximum atomic E-state index is 13.8. The first-order valence-electron chi connectivity index (χ1n) is 11.5. The lowest BCUT2D eigenvalue weighted by Gasteiger charge is -2.48. The number of benzene rings is 1. The fourth-order valence-corrected chi connectivity index (χ4v) is 4.10. The van der Waals surface area contributed by atoms with Gasteiger partial charge in [0.15, 0.2) is 17.4 Å². The molecular weight excluding hydrogens is 486 g/mol. The van der Waals surface area contributed by atoms with Gasteiger partial charge < -0.3 is 19.9 Å². The summed E-state index contributed by atoms with van der Waals surface area (Å²) in [5, 5.41) is 2.69. The second kappa shape index (κ2) is 10.4. The summed E-state index contributed by atoms with van der Waals surface area (Å²) in [6, 6.07) is 5.16. The van der Waals surface area contributed by atoms with E-state index < -0.39 is 23.2 Å². The Labute approximate surface area is 211 Å². The molecule has 1 aromatic carbocycles. The van der Waals surface area contributed by atoms with Gasteiger partial charge in [0.2, 0.25) is 17.3 Å². The van der Waals surface area contributed by atoms with E-state index in [0.29, 0.717) is 31.3 Å². The van der Waals surface area contributed by atoms with Crippen molar-refractivity contribution in [3.8, 4) is 11.6 Å². The van der Waals surface area contributed by atoms with Crippen LogP contribution in [0.2, 0.25) is 0 Å². The average molecular weight is 513 g/mol. The van der Waals surface area contributed by atoms with E-state index in [1.807, 2.05) is 18.7 Å². The molecule has 3 aromatic rings. The van der Waals surface area contributed by atoms with Crippen LogP contribution < -0.4 is 15.6 Å². The van der Waals surface area contributed by atoms with Crippen LogP contribution in [0.4, 0.5) is 14.6 Å². The molecule has 37 heavy (non-hydrogen) atoms. The molecular formula is C25H26F2N6O4. The minimum Gasteiger partial charge on any atom is -0.434 e. The van der Waals surface area contributed by atoms with Crippen LogP contribution in [0.25, 0.3) is 0 Å². The average Bonchev–Trinajstić information content (AvgIpc) is 2.86. The highest BCUT2D eigenvalue weighted by molar-refractivity contribution is 5.95. The van der Waals surface area contributed by atoms with Crippen LogP contribution in [0.15, 0.2) is 53.7 Å². The smallest absolute Gasteiger partial charge is 0.255 e. The molecule has 0 bridgehead atoms. The number of carbonyl (C=O) groups is 2. The molecule has 1 aliphatic heterocycles. The van der Waals surface area contributed by atoms with Crippen molar-refractivity contribution in [2.75, 3.05) is 25.0 Å². The van der Waals surface area contributed by atoms with Gasteiger partial charge in [0.05, 0.1) is 29.5 Å². The Bertz CT molecular complexity index is 1340. The number of aromatic nitrogens is 3. The van der Waals surface area contributed by atoms with Crippen LogP contribution >= 0.6 is 0 Å². The number of hydrogen-bond donors (Lipinski definition) is 2. The Morgan fingerprint density at radius 3 is 2.54 bits per heavy atom. The van der Waals surface area contributed by atoms with Gasteiger partial charge in [-0.3, -0.25) is 19.3 Å². The summed E-state index contributed by atoms with van der Waals surface area (Å²) in [5.74, 6) is -2.18. The van der Waals surface area contributed by atoms with Crippen LogP contribution in [-0.2, 0) is 4.79 Å². The minimum atomic E-state index is -0.878. The number of halogens is 2. The summed E-state index contributed by atoms with van der Waals surface area (Å²) >= 11 is 0. The highest BCUT2D eigenvalue weighted by atomic mass is 19.1. The number of ether oxygens (including phenoxy) is 1. The third kappa shape index (κ3) is 5.97. The molecule has 2 amide bonds. The van der Waals surface area contributed by atoms with Gasteiger partial charge in [-0.1, -0.05) is 0 Å². The third-order valence-corrected chi connectivity index (χ3v) is 6.12. The standard InChI is InChI=1S/C25H26F2N6O4/c1-15(32-8-9-33(25(2,3)14-32)24(36)16-4-7-21(34)29-11-16)23(35)31-20-12-30-22(13-28-20)37-19-6-5-17(26)10-18(19)27/h4-7,10-13,15H,8-9,14H2,1-3H3,(H,29,34)(H,28,31,35)/t15-/m0/s1. The number of H-pyrrole nitrogens is 1. The van der Waals surface area contributed by atoms with Crippen molar-refractivity contribution in [3.05, 3.63) is 76.5 Å². The molecule has 2 N–H and O–H groups in total. The number of pyridine rings is 1. The molecule has 1 saturated heterocycles.